The highest BCUT2D eigenvalue weighted by Gasteiger charge is 2.23. The molecular formula is C15H23N3O. The zero-order chi connectivity index (χ0) is 13.1. The van der Waals surface area contributed by atoms with Gasteiger partial charge in [-0.1, -0.05) is 24.3 Å². The molecule has 0 spiro atoms. The van der Waals surface area contributed by atoms with Crippen LogP contribution >= 0.6 is 0 Å². The van der Waals surface area contributed by atoms with Crippen LogP contribution in [0.2, 0.25) is 0 Å². The van der Waals surface area contributed by atoms with Gasteiger partial charge in [0, 0.05) is 19.6 Å². The summed E-state index contributed by atoms with van der Waals surface area (Å²) in [7, 11) is 0. The molecule has 1 saturated heterocycles. The molecule has 1 aromatic rings. The van der Waals surface area contributed by atoms with E-state index < -0.39 is 0 Å². The molecule has 3 N–H and O–H groups in total. The second-order valence-corrected chi connectivity index (χ2v) is 5.46. The van der Waals surface area contributed by atoms with Crippen LogP contribution in [-0.2, 0) is 4.74 Å². The van der Waals surface area contributed by atoms with Gasteiger partial charge in [0.05, 0.1) is 19.3 Å². The van der Waals surface area contributed by atoms with Gasteiger partial charge in [0.1, 0.15) is 0 Å². The molecule has 2 fully saturated rings. The molecule has 2 aliphatic rings. The first-order valence-corrected chi connectivity index (χ1v) is 7.25. The number of nitrogens with two attached hydrogens (primary N) is 1. The largest absolute Gasteiger partial charge is 0.379 e. The van der Waals surface area contributed by atoms with Crippen molar-refractivity contribution >= 4 is 0 Å². The van der Waals surface area contributed by atoms with Gasteiger partial charge < -0.3 is 10.5 Å². The lowest BCUT2D eigenvalue weighted by Crippen LogP contribution is -2.48. The molecule has 1 aliphatic carbocycles. The molecule has 0 aromatic heterocycles. The summed E-state index contributed by atoms with van der Waals surface area (Å²) in [6.45, 7) is 4.06. The Morgan fingerprint density at radius 2 is 1.89 bits per heavy atom. The highest BCUT2D eigenvalue weighted by molar-refractivity contribution is 5.29. The van der Waals surface area contributed by atoms with Crippen LogP contribution in [0.5, 0.6) is 0 Å². The van der Waals surface area contributed by atoms with Crippen LogP contribution in [0.4, 0.5) is 0 Å². The van der Waals surface area contributed by atoms with Crippen molar-refractivity contribution < 1.29 is 4.74 Å². The second kappa shape index (κ2) is 6.01. The van der Waals surface area contributed by atoms with E-state index in [-0.39, 0.29) is 6.04 Å². The third kappa shape index (κ3) is 3.34. The van der Waals surface area contributed by atoms with Gasteiger partial charge in [-0.3, -0.25) is 0 Å². The number of hydrogen-bond donors (Lipinski definition) is 2. The molecule has 0 amide bonds. The third-order valence-corrected chi connectivity index (χ3v) is 3.97. The van der Waals surface area contributed by atoms with Gasteiger partial charge in [0.15, 0.2) is 0 Å². The Hall–Kier alpha value is -0.940. The van der Waals surface area contributed by atoms with Crippen molar-refractivity contribution in [2.45, 2.75) is 24.8 Å². The van der Waals surface area contributed by atoms with E-state index in [2.05, 4.69) is 34.7 Å². The molecule has 4 nitrogen and oxygen atoms in total. The van der Waals surface area contributed by atoms with Gasteiger partial charge in [-0.05, 0) is 29.9 Å². The average molecular weight is 261 g/mol. The molecule has 104 valence electrons. The van der Waals surface area contributed by atoms with Crippen molar-refractivity contribution in [1.29, 1.82) is 0 Å². The zero-order valence-corrected chi connectivity index (χ0v) is 11.3. The topological polar surface area (TPSA) is 50.5 Å². The van der Waals surface area contributed by atoms with Crippen LogP contribution in [0.15, 0.2) is 24.3 Å². The van der Waals surface area contributed by atoms with Crippen LogP contribution in [0, 0.1) is 0 Å². The SMILES string of the molecule is NCC(NN1CCOCC1)c1ccc(C2CC2)cc1. The second-order valence-electron chi connectivity index (χ2n) is 5.46. The van der Waals surface area contributed by atoms with E-state index in [4.69, 9.17) is 10.5 Å². The summed E-state index contributed by atoms with van der Waals surface area (Å²) in [5, 5.41) is 2.22. The lowest BCUT2D eigenvalue weighted by molar-refractivity contribution is 0.00405. The maximum Gasteiger partial charge on any atom is 0.0608 e. The van der Waals surface area contributed by atoms with Gasteiger partial charge in [-0.25, -0.2) is 10.4 Å². The number of ether oxygens (including phenoxy) is 1. The van der Waals surface area contributed by atoms with E-state index in [0.29, 0.717) is 6.54 Å². The molecule has 1 atom stereocenters. The van der Waals surface area contributed by atoms with E-state index in [0.717, 1.165) is 32.2 Å². The zero-order valence-electron chi connectivity index (χ0n) is 11.3. The van der Waals surface area contributed by atoms with Crippen LogP contribution in [-0.4, -0.2) is 37.9 Å². The summed E-state index contributed by atoms with van der Waals surface area (Å²) in [6, 6.07) is 9.16. The number of morpholine rings is 1. The fourth-order valence-corrected chi connectivity index (χ4v) is 2.59. The van der Waals surface area contributed by atoms with Crippen LogP contribution in [0.3, 0.4) is 0 Å². The summed E-state index contributed by atoms with van der Waals surface area (Å²) >= 11 is 0. The van der Waals surface area contributed by atoms with E-state index in [1.807, 2.05) is 0 Å². The Balaban J connectivity index is 1.63. The summed E-state index contributed by atoms with van der Waals surface area (Å²) in [5.41, 5.74) is 12.2. The molecule has 0 bridgehead atoms. The van der Waals surface area contributed by atoms with Crippen LogP contribution in [0.25, 0.3) is 0 Å². The first kappa shape index (κ1) is 13.1. The van der Waals surface area contributed by atoms with E-state index in [9.17, 15) is 0 Å². The van der Waals surface area contributed by atoms with Crippen molar-refractivity contribution in [3.63, 3.8) is 0 Å². The standard InChI is InChI=1S/C15H23N3O/c16-11-15(17-18-7-9-19-10-8-18)14-5-3-13(4-6-14)12-1-2-12/h3-6,12,15,17H,1-2,7-11,16H2. The number of hydrazine groups is 1. The van der Waals surface area contributed by atoms with E-state index in [1.54, 1.807) is 0 Å². The minimum absolute atomic E-state index is 0.200. The summed E-state index contributed by atoms with van der Waals surface area (Å²) in [6.07, 6.45) is 2.71. The van der Waals surface area contributed by atoms with Gasteiger partial charge in [-0.15, -0.1) is 0 Å². The molecule has 1 aliphatic heterocycles. The minimum atomic E-state index is 0.200. The van der Waals surface area contributed by atoms with Gasteiger partial charge >= 0.3 is 0 Å². The van der Waals surface area contributed by atoms with Gasteiger partial charge in [-0.2, -0.15) is 0 Å². The molecule has 1 saturated carbocycles. The Morgan fingerprint density at radius 1 is 1.21 bits per heavy atom. The number of benzene rings is 1. The van der Waals surface area contributed by atoms with E-state index in [1.165, 1.54) is 24.0 Å². The predicted octanol–water partition coefficient (Wildman–Crippen LogP) is 1.40. The van der Waals surface area contributed by atoms with Gasteiger partial charge in [0.2, 0.25) is 0 Å². The van der Waals surface area contributed by atoms with Crippen molar-refractivity contribution in [1.82, 2.24) is 10.4 Å². The number of rotatable bonds is 5. The maximum atomic E-state index is 5.91. The summed E-state index contributed by atoms with van der Waals surface area (Å²) in [5.74, 6) is 0.817. The van der Waals surface area contributed by atoms with Crippen LogP contribution < -0.4 is 11.2 Å². The Bertz CT molecular complexity index is 396. The highest BCUT2D eigenvalue weighted by Crippen LogP contribution is 2.40. The molecule has 3 rings (SSSR count). The van der Waals surface area contributed by atoms with E-state index >= 15 is 0 Å². The summed E-state index contributed by atoms with van der Waals surface area (Å²) < 4.78 is 5.36. The lowest BCUT2D eigenvalue weighted by atomic mass is 10.0. The molecule has 0 radical (unpaired) electrons. The number of hydrogen-bond acceptors (Lipinski definition) is 4. The lowest BCUT2D eigenvalue weighted by Gasteiger charge is -2.31. The minimum Gasteiger partial charge on any atom is -0.379 e. The molecule has 19 heavy (non-hydrogen) atoms. The Kier molecular flexibility index (Phi) is 4.13. The quantitative estimate of drug-likeness (QED) is 0.841. The van der Waals surface area contributed by atoms with Gasteiger partial charge in [0.25, 0.3) is 0 Å². The van der Waals surface area contributed by atoms with Crippen LogP contribution in [0.1, 0.15) is 35.9 Å². The first-order chi connectivity index (χ1) is 9.36. The fourth-order valence-electron chi connectivity index (χ4n) is 2.59. The Morgan fingerprint density at radius 3 is 2.47 bits per heavy atom. The molecule has 1 heterocycles. The average Bonchev–Trinajstić information content (AvgIpc) is 3.31. The number of nitrogens with zero attached hydrogens (tertiary/aromatic N) is 1. The molecule has 1 aromatic carbocycles. The molecule has 1 unspecified atom stereocenters. The molecule has 4 heteroatoms. The molecular weight excluding hydrogens is 238 g/mol. The Labute approximate surface area is 114 Å². The predicted molar refractivity (Wildman–Crippen MR) is 75.7 cm³/mol. The highest BCUT2D eigenvalue weighted by atomic mass is 16.5. The normalized spacial score (nSPS) is 22.4. The van der Waals surface area contributed by atoms with Crippen molar-refractivity contribution in [2.24, 2.45) is 5.73 Å². The van der Waals surface area contributed by atoms with Crippen molar-refractivity contribution in [3.8, 4) is 0 Å². The fraction of sp³-hybridized carbons (Fsp3) is 0.600. The monoisotopic (exact) mass is 261 g/mol. The third-order valence-electron chi connectivity index (χ3n) is 3.97. The number of nitrogens with one attached hydrogen (secondary N) is 1. The first-order valence-electron chi connectivity index (χ1n) is 7.25. The van der Waals surface area contributed by atoms with Crippen molar-refractivity contribution in [3.05, 3.63) is 35.4 Å². The van der Waals surface area contributed by atoms with Crippen molar-refractivity contribution in [2.75, 3.05) is 32.8 Å². The maximum absolute atomic E-state index is 5.91. The summed E-state index contributed by atoms with van der Waals surface area (Å²) in [4.78, 5) is 0. The smallest absolute Gasteiger partial charge is 0.0608 e.